The summed E-state index contributed by atoms with van der Waals surface area (Å²) in [7, 11) is 0. The Hall–Kier alpha value is -0.500. The van der Waals surface area contributed by atoms with Gasteiger partial charge in [0.15, 0.2) is 0 Å². The fraction of sp³-hybridized carbons (Fsp3) is 0.778. The lowest BCUT2D eigenvalue weighted by Gasteiger charge is -2.32. The van der Waals surface area contributed by atoms with Crippen LogP contribution in [0.5, 0.6) is 0 Å². The molecule has 0 saturated carbocycles. The molecule has 2 nitrogen and oxygen atoms in total. The lowest BCUT2D eigenvalue weighted by atomic mass is 10.1. The molecule has 1 rings (SSSR count). The van der Waals surface area contributed by atoms with Crippen LogP contribution in [0, 0.1) is 0 Å². The van der Waals surface area contributed by atoms with E-state index in [1.54, 1.807) is 6.26 Å². The van der Waals surface area contributed by atoms with Crippen LogP contribution >= 0.6 is 0 Å². The summed E-state index contributed by atoms with van der Waals surface area (Å²) < 4.78 is 11.0. The van der Waals surface area contributed by atoms with Gasteiger partial charge in [0.2, 0.25) is 5.79 Å². The SMILES string of the molecule is CC(C)OC1(C)CCC=CO1. The number of ether oxygens (including phenoxy) is 2. The van der Waals surface area contributed by atoms with Crippen LogP contribution in [0.2, 0.25) is 0 Å². The molecule has 0 aliphatic carbocycles. The standard InChI is InChI=1S/C9H16O2/c1-8(2)11-9(3)6-4-5-7-10-9/h5,7-8H,4,6H2,1-3H3. The van der Waals surface area contributed by atoms with Crippen molar-refractivity contribution in [1.82, 2.24) is 0 Å². The van der Waals surface area contributed by atoms with Crippen molar-refractivity contribution in [1.29, 1.82) is 0 Å². The Bertz CT molecular complexity index is 152. The van der Waals surface area contributed by atoms with E-state index in [2.05, 4.69) is 0 Å². The zero-order chi connectivity index (χ0) is 8.32. The fourth-order valence-corrected chi connectivity index (χ4v) is 1.25. The molecule has 0 fully saturated rings. The van der Waals surface area contributed by atoms with Crippen molar-refractivity contribution in [3.8, 4) is 0 Å². The van der Waals surface area contributed by atoms with Crippen LogP contribution in [-0.2, 0) is 9.47 Å². The maximum Gasteiger partial charge on any atom is 0.207 e. The summed E-state index contributed by atoms with van der Waals surface area (Å²) in [4.78, 5) is 0. The van der Waals surface area contributed by atoms with Crippen LogP contribution in [0.15, 0.2) is 12.3 Å². The van der Waals surface area contributed by atoms with E-state index in [0.29, 0.717) is 0 Å². The van der Waals surface area contributed by atoms with Crippen LogP contribution in [0.1, 0.15) is 33.6 Å². The minimum Gasteiger partial charge on any atom is -0.471 e. The lowest BCUT2D eigenvalue weighted by molar-refractivity contribution is -0.222. The van der Waals surface area contributed by atoms with E-state index in [4.69, 9.17) is 9.47 Å². The molecule has 0 aromatic heterocycles. The molecule has 0 bridgehead atoms. The van der Waals surface area contributed by atoms with E-state index >= 15 is 0 Å². The Morgan fingerprint density at radius 2 is 2.27 bits per heavy atom. The van der Waals surface area contributed by atoms with Gasteiger partial charge in [-0.15, -0.1) is 0 Å². The third kappa shape index (κ3) is 2.54. The monoisotopic (exact) mass is 156 g/mol. The predicted molar refractivity (Wildman–Crippen MR) is 44.1 cm³/mol. The maximum absolute atomic E-state index is 5.61. The normalized spacial score (nSPS) is 30.5. The molecule has 11 heavy (non-hydrogen) atoms. The van der Waals surface area contributed by atoms with Gasteiger partial charge in [-0.1, -0.05) is 0 Å². The molecule has 1 aliphatic rings. The van der Waals surface area contributed by atoms with Crippen LogP contribution in [0.3, 0.4) is 0 Å². The quantitative estimate of drug-likeness (QED) is 0.611. The summed E-state index contributed by atoms with van der Waals surface area (Å²) in [5.74, 6) is -0.386. The molecule has 0 amide bonds. The highest BCUT2D eigenvalue weighted by molar-refractivity contribution is 4.85. The molecule has 1 unspecified atom stereocenters. The molecule has 0 saturated heterocycles. The number of hydrogen-bond acceptors (Lipinski definition) is 2. The van der Waals surface area contributed by atoms with Crippen molar-refractivity contribution in [2.45, 2.75) is 45.5 Å². The topological polar surface area (TPSA) is 18.5 Å². The first-order chi connectivity index (χ1) is 5.12. The largest absolute Gasteiger partial charge is 0.471 e. The second kappa shape index (κ2) is 3.26. The van der Waals surface area contributed by atoms with Gasteiger partial charge in [0.1, 0.15) is 0 Å². The van der Waals surface area contributed by atoms with Gasteiger partial charge in [-0.2, -0.15) is 0 Å². The fourth-order valence-electron chi connectivity index (χ4n) is 1.25. The highest BCUT2D eigenvalue weighted by atomic mass is 16.7. The summed E-state index contributed by atoms with van der Waals surface area (Å²) >= 11 is 0. The second-order valence-corrected chi connectivity index (χ2v) is 3.33. The molecule has 64 valence electrons. The number of allylic oxidation sites excluding steroid dienone is 1. The molecule has 0 N–H and O–H groups in total. The van der Waals surface area contributed by atoms with Gasteiger partial charge in [0.25, 0.3) is 0 Å². The highest BCUT2D eigenvalue weighted by Crippen LogP contribution is 2.25. The Labute approximate surface area is 68.2 Å². The highest BCUT2D eigenvalue weighted by Gasteiger charge is 2.27. The lowest BCUT2D eigenvalue weighted by Crippen LogP contribution is -2.34. The first-order valence-corrected chi connectivity index (χ1v) is 4.13. The molecule has 0 spiro atoms. The summed E-state index contributed by atoms with van der Waals surface area (Å²) in [5.41, 5.74) is 0. The van der Waals surface area contributed by atoms with Gasteiger partial charge in [0.05, 0.1) is 12.4 Å². The molecular weight excluding hydrogens is 140 g/mol. The van der Waals surface area contributed by atoms with Crippen LogP contribution < -0.4 is 0 Å². The van der Waals surface area contributed by atoms with Gasteiger partial charge < -0.3 is 9.47 Å². The summed E-state index contributed by atoms with van der Waals surface area (Å²) in [5, 5.41) is 0. The van der Waals surface area contributed by atoms with Crippen molar-refractivity contribution < 1.29 is 9.47 Å². The molecule has 0 aromatic carbocycles. The Morgan fingerprint density at radius 3 is 2.73 bits per heavy atom. The van der Waals surface area contributed by atoms with Crippen molar-refractivity contribution in [2.24, 2.45) is 0 Å². The smallest absolute Gasteiger partial charge is 0.207 e. The summed E-state index contributed by atoms with van der Waals surface area (Å²) in [6.45, 7) is 6.02. The summed E-state index contributed by atoms with van der Waals surface area (Å²) in [6, 6.07) is 0. The van der Waals surface area contributed by atoms with Crippen molar-refractivity contribution >= 4 is 0 Å². The van der Waals surface area contributed by atoms with Gasteiger partial charge in [-0.3, -0.25) is 0 Å². The average Bonchev–Trinajstić information content (AvgIpc) is 1.85. The Morgan fingerprint density at radius 1 is 1.55 bits per heavy atom. The Balaban J connectivity index is 2.45. The first-order valence-electron chi connectivity index (χ1n) is 4.13. The van der Waals surface area contributed by atoms with E-state index < -0.39 is 0 Å². The molecule has 2 heteroatoms. The van der Waals surface area contributed by atoms with E-state index in [1.807, 2.05) is 26.8 Å². The zero-order valence-electron chi connectivity index (χ0n) is 7.46. The number of hydrogen-bond donors (Lipinski definition) is 0. The summed E-state index contributed by atoms with van der Waals surface area (Å²) in [6.07, 6.45) is 5.97. The molecule has 0 radical (unpaired) electrons. The molecular formula is C9H16O2. The first kappa shape index (κ1) is 8.60. The van der Waals surface area contributed by atoms with E-state index in [-0.39, 0.29) is 11.9 Å². The maximum atomic E-state index is 5.61. The minimum absolute atomic E-state index is 0.228. The molecule has 0 aromatic rings. The zero-order valence-corrected chi connectivity index (χ0v) is 7.46. The second-order valence-electron chi connectivity index (χ2n) is 3.33. The van der Waals surface area contributed by atoms with Gasteiger partial charge in [0, 0.05) is 13.3 Å². The van der Waals surface area contributed by atoms with E-state index in [1.165, 1.54) is 0 Å². The van der Waals surface area contributed by atoms with Crippen molar-refractivity contribution in [3.05, 3.63) is 12.3 Å². The van der Waals surface area contributed by atoms with Gasteiger partial charge in [-0.25, -0.2) is 0 Å². The molecule has 1 atom stereocenters. The molecule has 1 aliphatic heterocycles. The third-order valence-electron chi connectivity index (χ3n) is 1.66. The van der Waals surface area contributed by atoms with Crippen molar-refractivity contribution in [3.63, 3.8) is 0 Å². The van der Waals surface area contributed by atoms with Crippen LogP contribution in [0.4, 0.5) is 0 Å². The molecule has 1 heterocycles. The average molecular weight is 156 g/mol. The van der Waals surface area contributed by atoms with Gasteiger partial charge >= 0.3 is 0 Å². The van der Waals surface area contributed by atoms with Crippen molar-refractivity contribution in [2.75, 3.05) is 0 Å². The minimum atomic E-state index is -0.386. The number of rotatable bonds is 2. The van der Waals surface area contributed by atoms with Crippen LogP contribution in [-0.4, -0.2) is 11.9 Å². The third-order valence-corrected chi connectivity index (χ3v) is 1.66. The Kier molecular flexibility index (Phi) is 2.55. The van der Waals surface area contributed by atoms with E-state index in [0.717, 1.165) is 12.8 Å². The van der Waals surface area contributed by atoms with E-state index in [9.17, 15) is 0 Å². The van der Waals surface area contributed by atoms with Gasteiger partial charge in [-0.05, 0) is 26.3 Å². The van der Waals surface area contributed by atoms with Crippen LogP contribution in [0.25, 0.3) is 0 Å². The predicted octanol–water partition coefficient (Wildman–Crippen LogP) is 2.45.